The Hall–Kier alpha value is -2.32. The average molecular weight is 374 g/mol. The Morgan fingerprint density at radius 3 is 2.78 bits per heavy atom. The van der Waals surface area contributed by atoms with E-state index in [2.05, 4.69) is 10.6 Å². The van der Waals surface area contributed by atoms with Gasteiger partial charge in [0, 0.05) is 38.2 Å². The number of alkyl halides is 1. The van der Waals surface area contributed by atoms with E-state index in [1.807, 2.05) is 24.1 Å². The molecule has 3 heterocycles. The molecule has 3 amide bonds. The summed E-state index contributed by atoms with van der Waals surface area (Å²) >= 11 is 0. The number of amides is 3. The zero-order valence-electron chi connectivity index (χ0n) is 15.2. The molecule has 0 saturated carbocycles. The predicted octanol–water partition coefficient (Wildman–Crippen LogP) is 0.189. The Morgan fingerprint density at radius 1 is 1.26 bits per heavy atom. The van der Waals surface area contributed by atoms with E-state index in [4.69, 9.17) is 0 Å². The Balaban J connectivity index is 1.47. The number of piperidine rings is 1. The summed E-state index contributed by atoms with van der Waals surface area (Å²) in [6.45, 7) is 1.96. The molecule has 0 bridgehead atoms. The zero-order valence-corrected chi connectivity index (χ0v) is 15.2. The molecule has 4 rings (SSSR count). The molecule has 3 aliphatic heterocycles. The highest BCUT2D eigenvalue weighted by Gasteiger charge is 2.39. The summed E-state index contributed by atoms with van der Waals surface area (Å²) in [7, 11) is 1.90. The molecule has 2 saturated heterocycles. The van der Waals surface area contributed by atoms with Crippen molar-refractivity contribution in [1.82, 2.24) is 20.4 Å². The summed E-state index contributed by atoms with van der Waals surface area (Å²) in [4.78, 5) is 39.7. The molecule has 0 spiro atoms. The van der Waals surface area contributed by atoms with Crippen molar-refractivity contribution in [1.29, 1.82) is 0 Å². The van der Waals surface area contributed by atoms with Gasteiger partial charge in [-0.25, -0.2) is 4.39 Å². The van der Waals surface area contributed by atoms with Crippen LogP contribution in [0.3, 0.4) is 0 Å². The summed E-state index contributed by atoms with van der Waals surface area (Å²) < 4.78 is 13.9. The number of carbonyl (C=O) groups excluding carboxylic acids is 3. The van der Waals surface area contributed by atoms with Crippen LogP contribution in [0.5, 0.6) is 0 Å². The third kappa shape index (κ3) is 3.35. The number of likely N-dealkylation sites (N-methyl/N-ethyl adjacent to an activating group) is 1. The lowest BCUT2D eigenvalue weighted by Gasteiger charge is -2.29. The fourth-order valence-corrected chi connectivity index (χ4v) is 4.20. The van der Waals surface area contributed by atoms with E-state index >= 15 is 0 Å². The van der Waals surface area contributed by atoms with Crippen LogP contribution in [0.4, 0.5) is 4.39 Å². The van der Waals surface area contributed by atoms with Crippen LogP contribution in [0.1, 0.15) is 34.3 Å². The van der Waals surface area contributed by atoms with E-state index in [0.29, 0.717) is 38.2 Å². The first-order chi connectivity index (χ1) is 12.9. The van der Waals surface area contributed by atoms with Crippen molar-refractivity contribution < 1.29 is 18.8 Å². The van der Waals surface area contributed by atoms with Gasteiger partial charge in [0.25, 0.3) is 5.91 Å². The van der Waals surface area contributed by atoms with Gasteiger partial charge in [-0.2, -0.15) is 0 Å². The number of hydrogen-bond donors (Lipinski definition) is 2. The Labute approximate surface area is 156 Å². The SMILES string of the molecule is CN(Cc1ccc2c(c1)CN(C1CCC(=O)NC1=O)C2=O)C1CNCC1F. The number of nitrogens with zero attached hydrogens (tertiary/aromatic N) is 2. The Bertz CT molecular complexity index is 799. The van der Waals surface area contributed by atoms with Gasteiger partial charge in [0.15, 0.2) is 0 Å². The minimum absolute atomic E-state index is 0.153. The van der Waals surface area contributed by atoms with Gasteiger partial charge >= 0.3 is 0 Å². The molecule has 8 heteroatoms. The largest absolute Gasteiger partial charge is 0.322 e. The molecular formula is C19H23FN4O3. The fourth-order valence-electron chi connectivity index (χ4n) is 4.20. The molecule has 144 valence electrons. The Kier molecular flexibility index (Phi) is 4.69. The number of hydrogen-bond acceptors (Lipinski definition) is 5. The van der Waals surface area contributed by atoms with Crippen LogP contribution in [-0.2, 0) is 22.7 Å². The lowest BCUT2D eigenvalue weighted by molar-refractivity contribution is -0.136. The van der Waals surface area contributed by atoms with Crippen LogP contribution in [0.15, 0.2) is 18.2 Å². The van der Waals surface area contributed by atoms with Gasteiger partial charge in [-0.3, -0.25) is 24.6 Å². The van der Waals surface area contributed by atoms with Gasteiger partial charge < -0.3 is 10.2 Å². The van der Waals surface area contributed by atoms with Crippen molar-refractivity contribution in [2.24, 2.45) is 0 Å². The molecule has 0 aromatic heterocycles. The third-order valence-corrected chi connectivity index (χ3v) is 5.70. The minimum atomic E-state index is -0.881. The second-order valence-electron chi connectivity index (χ2n) is 7.55. The number of benzene rings is 1. The van der Waals surface area contributed by atoms with E-state index in [9.17, 15) is 18.8 Å². The molecular weight excluding hydrogens is 351 g/mol. The highest BCUT2D eigenvalue weighted by molar-refractivity contribution is 6.05. The molecule has 7 nitrogen and oxygen atoms in total. The van der Waals surface area contributed by atoms with E-state index in [0.717, 1.165) is 11.1 Å². The molecule has 1 aromatic carbocycles. The molecule has 27 heavy (non-hydrogen) atoms. The first kappa shape index (κ1) is 18.1. The normalized spacial score (nSPS) is 28.0. The topological polar surface area (TPSA) is 81.8 Å². The lowest BCUT2D eigenvalue weighted by atomic mass is 10.0. The quantitative estimate of drug-likeness (QED) is 0.736. The molecule has 0 radical (unpaired) electrons. The molecule has 3 unspecified atom stereocenters. The van der Waals surface area contributed by atoms with Crippen molar-refractivity contribution >= 4 is 17.7 Å². The second-order valence-corrected chi connectivity index (χ2v) is 7.55. The molecule has 2 N–H and O–H groups in total. The highest BCUT2D eigenvalue weighted by atomic mass is 19.1. The van der Waals surface area contributed by atoms with Crippen molar-refractivity contribution in [3.05, 3.63) is 34.9 Å². The second kappa shape index (κ2) is 7.01. The van der Waals surface area contributed by atoms with Gasteiger partial charge in [0.1, 0.15) is 12.2 Å². The number of fused-ring (bicyclic) bond motifs is 1. The molecule has 3 aliphatic rings. The van der Waals surface area contributed by atoms with Crippen molar-refractivity contribution in [2.75, 3.05) is 20.1 Å². The summed E-state index contributed by atoms with van der Waals surface area (Å²) in [5.74, 6) is -0.878. The van der Waals surface area contributed by atoms with Crippen molar-refractivity contribution in [3.8, 4) is 0 Å². The molecule has 2 fully saturated rings. The first-order valence-electron chi connectivity index (χ1n) is 9.25. The minimum Gasteiger partial charge on any atom is -0.322 e. The summed E-state index contributed by atoms with van der Waals surface area (Å²) in [6.07, 6.45) is -0.284. The van der Waals surface area contributed by atoms with Crippen molar-refractivity contribution in [2.45, 2.75) is 44.2 Å². The van der Waals surface area contributed by atoms with E-state index in [1.54, 1.807) is 11.0 Å². The lowest BCUT2D eigenvalue weighted by Crippen LogP contribution is -2.52. The van der Waals surface area contributed by atoms with E-state index in [1.165, 1.54) is 0 Å². The van der Waals surface area contributed by atoms with Crippen LogP contribution >= 0.6 is 0 Å². The van der Waals surface area contributed by atoms with Crippen LogP contribution in [0.25, 0.3) is 0 Å². The van der Waals surface area contributed by atoms with E-state index < -0.39 is 18.1 Å². The monoisotopic (exact) mass is 374 g/mol. The highest BCUT2D eigenvalue weighted by Crippen LogP contribution is 2.28. The number of imide groups is 1. The zero-order chi connectivity index (χ0) is 19.1. The number of carbonyl (C=O) groups is 3. The summed E-state index contributed by atoms with van der Waals surface area (Å²) in [5.41, 5.74) is 2.47. The smallest absolute Gasteiger partial charge is 0.255 e. The number of halogens is 1. The fraction of sp³-hybridized carbons (Fsp3) is 0.526. The standard InChI is InChI=1S/C19H23FN4O3/c1-23(16-8-21-7-14(16)20)9-11-2-3-13-12(6-11)10-24(19(13)27)15-4-5-17(25)22-18(15)26/h2-3,6,14-16,21H,4-5,7-10H2,1H3,(H,22,25,26). The summed E-state index contributed by atoms with van der Waals surface area (Å²) in [6, 6.07) is 4.87. The van der Waals surface area contributed by atoms with Crippen LogP contribution in [-0.4, -0.2) is 65.9 Å². The van der Waals surface area contributed by atoms with Gasteiger partial charge in [-0.15, -0.1) is 0 Å². The summed E-state index contributed by atoms with van der Waals surface area (Å²) in [5, 5.41) is 5.36. The van der Waals surface area contributed by atoms with Crippen LogP contribution < -0.4 is 10.6 Å². The molecule has 0 aliphatic carbocycles. The molecule has 1 aromatic rings. The number of nitrogens with one attached hydrogen (secondary N) is 2. The maximum Gasteiger partial charge on any atom is 0.255 e. The van der Waals surface area contributed by atoms with Crippen LogP contribution in [0, 0.1) is 0 Å². The van der Waals surface area contributed by atoms with E-state index in [-0.39, 0.29) is 24.3 Å². The van der Waals surface area contributed by atoms with Crippen molar-refractivity contribution in [3.63, 3.8) is 0 Å². The van der Waals surface area contributed by atoms with Gasteiger partial charge in [-0.05, 0) is 30.7 Å². The predicted molar refractivity (Wildman–Crippen MR) is 95.5 cm³/mol. The Morgan fingerprint density at radius 2 is 2.07 bits per heavy atom. The third-order valence-electron chi connectivity index (χ3n) is 5.70. The number of rotatable bonds is 4. The maximum atomic E-state index is 13.9. The maximum absolute atomic E-state index is 13.9. The molecule has 3 atom stereocenters. The van der Waals surface area contributed by atoms with Gasteiger partial charge in [-0.1, -0.05) is 12.1 Å². The van der Waals surface area contributed by atoms with Gasteiger partial charge in [0.2, 0.25) is 11.8 Å². The average Bonchev–Trinajstić information content (AvgIpc) is 3.19. The first-order valence-corrected chi connectivity index (χ1v) is 9.25. The van der Waals surface area contributed by atoms with Crippen LogP contribution in [0.2, 0.25) is 0 Å². The van der Waals surface area contributed by atoms with Gasteiger partial charge in [0.05, 0.1) is 6.04 Å².